The van der Waals surface area contributed by atoms with Crippen LogP contribution in [0.5, 0.6) is 0 Å². The summed E-state index contributed by atoms with van der Waals surface area (Å²) >= 11 is 3.11. The fourth-order valence-corrected chi connectivity index (χ4v) is 5.30. The van der Waals surface area contributed by atoms with Crippen molar-refractivity contribution in [1.82, 2.24) is 14.5 Å². The highest BCUT2D eigenvalue weighted by Crippen LogP contribution is 2.45. The molecule has 3 aliphatic heterocycles. The molecule has 0 aliphatic carbocycles. The molecular weight excluding hydrogens is 346 g/mol. The van der Waals surface area contributed by atoms with Gasteiger partial charge >= 0.3 is 5.97 Å². The summed E-state index contributed by atoms with van der Waals surface area (Å²) in [5.41, 5.74) is 3.65. The number of aliphatic carboxylic acids is 1. The number of imidazole rings is 1. The lowest BCUT2D eigenvalue weighted by atomic mass is 10.0. The Kier molecular flexibility index (Phi) is 2.90. The largest absolute Gasteiger partial charge is 0.477 e. The Bertz CT molecular complexity index is 992. The average molecular weight is 357 g/mol. The molecule has 1 amide bonds. The number of carbonyl (C=O) groups is 2. The molecule has 3 aliphatic rings. The number of nitrogens with zero attached hydrogens (tertiary/aromatic N) is 3. The normalized spacial score (nSPS) is 23.4. The van der Waals surface area contributed by atoms with Crippen LogP contribution in [-0.2, 0) is 16.1 Å². The molecule has 1 fully saturated rings. The van der Waals surface area contributed by atoms with Crippen molar-refractivity contribution in [3.05, 3.63) is 40.4 Å². The molecule has 1 atom stereocenters. The summed E-state index contributed by atoms with van der Waals surface area (Å²) in [4.78, 5) is 29.3. The van der Waals surface area contributed by atoms with Crippen LogP contribution in [-0.4, -0.2) is 42.6 Å². The van der Waals surface area contributed by atoms with Crippen LogP contribution in [0.15, 0.2) is 40.0 Å². The molecule has 1 aromatic heterocycles. The van der Waals surface area contributed by atoms with Crippen molar-refractivity contribution in [2.24, 2.45) is 0 Å². The first-order chi connectivity index (χ1) is 11.6. The summed E-state index contributed by atoms with van der Waals surface area (Å²) in [7, 11) is 0. The van der Waals surface area contributed by atoms with Gasteiger partial charge in [-0.05, 0) is 23.8 Å². The van der Waals surface area contributed by atoms with Crippen LogP contribution in [0.3, 0.4) is 0 Å². The number of carbonyl (C=O) groups excluding carboxylic acids is 1. The molecule has 120 valence electrons. The van der Waals surface area contributed by atoms with Crippen LogP contribution in [0.25, 0.3) is 17.1 Å². The number of fused-ring (bicyclic) bond motifs is 4. The van der Waals surface area contributed by atoms with Gasteiger partial charge in [-0.3, -0.25) is 9.69 Å². The molecule has 0 bridgehead atoms. The fraction of sp³-hybridized carbons (Fsp3) is 0.188. The summed E-state index contributed by atoms with van der Waals surface area (Å²) in [5.74, 6) is -0.239. The van der Waals surface area contributed by atoms with Crippen molar-refractivity contribution in [1.29, 1.82) is 0 Å². The fourth-order valence-electron chi connectivity index (χ4n) is 3.21. The number of benzene rings is 1. The standard InChI is InChI=1S/C16H11N3O3S2/c20-13-9(14-19(13)12(7-24-14)15(21)22)5-8-1-2-11-10(6-8)17-16-18(11)3-4-23-16/h1-2,5-7,14H,3-4H2,(H,21,22)/b9-5-/t14-/m1/s1. The first-order valence-corrected chi connectivity index (χ1v) is 9.33. The van der Waals surface area contributed by atoms with E-state index in [4.69, 9.17) is 5.11 Å². The molecule has 6 nitrogen and oxygen atoms in total. The third-order valence-corrected chi connectivity index (χ3v) is 6.40. The molecular formula is C16H11N3O3S2. The maximum Gasteiger partial charge on any atom is 0.353 e. The Hall–Kier alpha value is -2.19. The first kappa shape index (κ1) is 14.2. The van der Waals surface area contributed by atoms with Crippen LogP contribution in [0.1, 0.15) is 5.56 Å². The van der Waals surface area contributed by atoms with Gasteiger partial charge < -0.3 is 9.67 Å². The van der Waals surface area contributed by atoms with E-state index < -0.39 is 5.97 Å². The van der Waals surface area contributed by atoms with E-state index in [1.165, 1.54) is 22.1 Å². The van der Waals surface area contributed by atoms with Crippen molar-refractivity contribution in [3.63, 3.8) is 0 Å². The minimum atomic E-state index is -1.07. The minimum absolute atomic E-state index is 0.0603. The topological polar surface area (TPSA) is 75.4 Å². The number of thioether (sulfide) groups is 2. The van der Waals surface area contributed by atoms with E-state index in [0.717, 1.165) is 34.1 Å². The molecule has 4 heterocycles. The summed E-state index contributed by atoms with van der Waals surface area (Å²) in [6.45, 7) is 0.979. The highest BCUT2D eigenvalue weighted by Gasteiger charge is 2.49. The molecule has 5 rings (SSSR count). The van der Waals surface area contributed by atoms with Crippen LogP contribution < -0.4 is 0 Å². The highest BCUT2D eigenvalue weighted by molar-refractivity contribution is 8.03. The number of aromatic nitrogens is 2. The molecule has 0 radical (unpaired) electrons. The highest BCUT2D eigenvalue weighted by atomic mass is 32.2. The Balaban J connectivity index is 1.48. The van der Waals surface area contributed by atoms with E-state index in [0.29, 0.717) is 5.57 Å². The maximum atomic E-state index is 12.3. The zero-order chi connectivity index (χ0) is 16.4. The first-order valence-electron chi connectivity index (χ1n) is 7.40. The zero-order valence-corrected chi connectivity index (χ0v) is 13.9. The van der Waals surface area contributed by atoms with Gasteiger partial charge in [0.05, 0.1) is 16.6 Å². The van der Waals surface area contributed by atoms with E-state index in [-0.39, 0.29) is 17.0 Å². The Morgan fingerprint density at radius 1 is 1.42 bits per heavy atom. The Morgan fingerprint density at radius 2 is 2.29 bits per heavy atom. The van der Waals surface area contributed by atoms with Gasteiger partial charge in [0.15, 0.2) is 5.16 Å². The summed E-state index contributed by atoms with van der Waals surface area (Å²) < 4.78 is 2.21. The Labute approximate surface area is 145 Å². The molecule has 2 aromatic rings. The number of aryl methyl sites for hydroxylation is 1. The lowest BCUT2D eigenvalue weighted by Crippen LogP contribution is -2.51. The Morgan fingerprint density at radius 3 is 3.12 bits per heavy atom. The number of amides is 1. The van der Waals surface area contributed by atoms with Crippen molar-refractivity contribution in [2.75, 3.05) is 5.75 Å². The number of rotatable bonds is 2. The lowest BCUT2D eigenvalue weighted by Gasteiger charge is -2.37. The third kappa shape index (κ3) is 1.83. The lowest BCUT2D eigenvalue weighted by molar-refractivity contribution is -0.141. The maximum absolute atomic E-state index is 12.3. The minimum Gasteiger partial charge on any atom is -0.477 e. The molecule has 0 unspecified atom stereocenters. The SMILES string of the molecule is O=C(O)C1=CS[C@@H]2/C(=C\c3ccc4c(c3)nc3n4CCS3)C(=O)N12. The smallest absolute Gasteiger partial charge is 0.353 e. The number of β-lactam (4-membered cyclic amide) rings is 1. The van der Waals surface area contributed by atoms with Crippen molar-refractivity contribution in [2.45, 2.75) is 17.1 Å². The molecule has 0 saturated carbocycles. The monoisotopic (exact) mass is 357 g/mol. The van der Waals surface area contributed by atoms with Gasteiger partial charge in [-0.25, -0.2) is 9.78 Å². The van der Waals surface area contributed by atoms with Crippen molar-refractivity contribution >= 4 is 52.5 Å². The van der Waals surface area contributed by atoms with Crippen LogP contribution in [0.4, 0.5) is 0 Å². The van der Waals surface area contributed by atoms with E-state index in [2.05, 4.69) is 9.55 Å². The summed E-state index contributed by atoms with van der Waals surface area (Å²) in [6.07, 6.45) is 1.84. The van der Waals surface area contributed by atoms with Crippen LogP contribution in [0.2, 0.25) is 0 Å². The van der Waals surface area contributed by atoms with Gasteiger partial charge in [0, 0.05) is 17.7 Å². The van der Waals surface area contributed by atoms with Gasteiger partial charge in [-0.2, -0.15) is 0 Å². The number of carboxylic acids is 1. The predicted octanol–water partition coefficient (Wildman–Crippen LogP) is 2.37. The second kappa shape index (κ2) is 4.90. The molecule has 1 aromatic carbocycles. The van der Waals surface area contributed by atoms with E-state index in [1.807, 2.05) is 24.3 Å². The van der Waals surface area contributed by atoms with Crippen LogP contribution >= 0.6 is 23.5 Å². The second-order valence-electron chi connectivity index (χ2n) is 5.71. The van der Waals surface area contributed by atoms with Crippen molar-refractivity contribution < 1.29 is 14.7 Å². The van der Waals surface area contributed by atoms with Crippen LogP contribution in [0, 0.1) is 0 Å². The van der Waals surface area contributed by atoms with E-state index in [1.54, 1.807) is 11.8 Å². The van der Waals surface area contributed by atoms with E-state index in [9.17, 15) is 9.59 Å². The molecule has 0 spiro atoms. The van der Waals surface area contributed by atoms with Gasteiger partial charge in [-0.1, -0.05) is 17.8 Å². The predicted molar refractivity (Wildman–Crippen MR) is 92.4 cm³/mol. The molecule has 1 saturated heterocycles. The van der Waals surface area contributed by atoms with Gasteiger partial charge in [-0.15, -0.1) is 11.8 Å². The number of carboxylic acid groups (broad SMARTS) is 1. The third-order valence-electron chi connectivity index (χ3n) is 4.36. The van der Waals surface area contributed by atoms with Crippen molar-refractivity contribution in [3.8, 4) is 0 Å². The molecule has 1 N–H and O–H groups in total. The average Bonchev–Trinajstić information content (AvgIpc) is 3.24. The van der Waals surface area contributed by atoms with Gasteiger partial charge in [0.1, 0.15) is 11.1 Å². The van der Waals surface area contributed by atoms with E-state index >= 15 is 0 Å². The summed E-state index contributed by atoms with van der Waals surface area (Å²) in [6, 6.07) is 6.00. The zero-order valence-electron chi connectivity index (χ0n) is 12.3. The van der Waals surface area contributed by atoms with Gasteiger partial charge in [0.2, 0.25) is 0 Å². The van der Waals surface area contributed by atoms with Gasteiger partial charge in [0.25, 0.3) is 5.91 Å². The quantitative estimate of drug-likeness (QED) is 0.657. The molecule has 24 heavy (non-hydrogen) atoms. The number of hydrogen-bond acceptors (Lipinski definition) is 5. The summed E-state index contributed by atoms with van der Waals surface area (Å²) in [5, 5.41) is 11.5. The molecule has 8 heteroatoms. The number of hydrogen-bond donors (Lipinski definition) is 1. The second-order valence-corrected chi connectivity index (χ2v) is 7.73.